The van der Waals surface area contributed by atoms with Gasteiger partial charge in [0.1, 0.15) is 0 Å². The van der Waals surface area contributed by atoms with Crippen LogP contribution in [-0.4, -0.2) is 36.1 Å². The molecule has 0 aliphatic heterocycles. The third-order valence-corrected chi connectivity index (χ3v) is 3.05. The van der Waals surface area contributed by atoms with Crippen molar-refractivity contribution in [3.8, 4) is 0 Å². The first-order valence-corrected chi connectivity index (χ1v) is 6.09. The molecule has 1 rings (SSSR count). The molecule has 0 saturated carbocycles. The number of rotatable bonds is 5. The lowest BCUT2D eigenvalue weighted by Crippen LogP contribution is -2.42. The molecule has 0 aliphatic carbocycles. The number of hydrogen-bond acceptors (Lipinski definition) is 4. The number of thiophene rings is 1. The van der Waals surface area contributed by atoms with Gasteiger partial charge in [-0.3, -0.25) is 9.59 Å². The Morgan fingerprint density at radius 1 is 1.47 bits per heavy atom. The summed E-state index contributed by atoms with van der Waals surface area (Å²) in [5, 5.41) is 13.8. The molecule has 0 aliphatic rings. The van der Waals surface area contributed by atoms with Crippen molar-refractivity contribution < 1.29 is 14.7 Å². The number of aryl methyl sites for hydroxylation is 1. The summed E-state index contributed by atoms with van der Waals surface area (Å²) in [5.41, 5.74) is 0. The van der Waals surface area contributed by atoms with Gasteiger partial charge in [0.25, 0.3) is 5.91 Å². The summed E-state index contributed by atoms with van der Waals surface area (Å²) < 4.78 is 0. The summed E-state index contributed by atoms with van der Waals surface area (Å²) in [6.07, 6.45) is 0. The van der Waals surface area contributed by atoms with E-state index in [0.29, 0.717) is 4.88 Å². The summed E-state index contributed by atoms with van der Waals surface area (Å²) in [6, 6.07) is 3.28. The summed E-state index contributed by atoms with van der Waals surface area (Å²) in [7, 11) is 0. The molecule has 2 amide bonds. The van der Waals surface area contributed by atoms with Gasteiger partial charge in [0, 0.05) is 10.9 Å². The van der Waals surface area contributed by atoms with Crippen LogP contribution in [0.25, 0.3) is 0 Å². The molecule has 17 heavy (non-hydrogen) atoms. The minimum Gasteiger partial charge on any atom is -0.394 e. The van der Waals surface area contributed by atoms with E-state index in [0.717, 1.165) is 4.88 Å². The number of amides is 2. The average Bonchev–Trinajstić information content (AvgIpc) is 2.72. The molecule has 3 N–H and O–H groups in total. The van der Waals surface area contributed by atoms with Gasteiger partial charge in [0.2, 0.25) is 5.91 Å². The molecule has 1 aromatic rings. The van der Waals surface area contributed by atoms with Crippen LogP contribution in [0.5, 0.6) is 0 Å². The van der Waals surface area contributed by atoms with Crippen LogP contribution in [0.1, 0.15) is 21.5 Å². The van der Waals surface area contributed by atoms with Crippen molar-refractivity contribution in [3.05, 3.63) is 21.9 Å². The number of aliphatic hydroxyl groups excluding tert-OH is 1. The second kappa shape index (κ2) is 6.36. The van der Waals surface area contributed by atoms with E-state index in [1.54, 1.807) is 13.0 Å². The lowest BCUT2D eigenvalue weighted by molar-refractivity contribution is -0.121. The Hall–Kier alpha value is -1.40. The Bertz CT molecular complexity index is 403. The van der Waals surface area contributed by atoms with Crippen molar-refractivity contribution in [2.45, 2.75) is 19.9 Å². The summed E-state index contributed by atoms with van der Waals surface area (Å²) in [5.74, 6) is -0.567. The van der Waals surface area contributed by atoms with Crippen LogP contribution in [0.15, 0.2) is 12.1 Å². The third-order valence-electron chi connectivity index (χ3n) is 2.05. The molecular weight excluding hydrogens is 240 g/mol. The fourth-order valence-corrected chi connectivity index (χ4v) is 1.96. The second-order valence-corrected chi connectivity index (χ2v) is 5.03. The van der Waals surface area contributed by atoms with Crippen molar-refractivity contribution in [1.82, 2.24) is 10.6 Å². The van der Waals surface area contributed by atoms with Crippen molar-refractivity contribution in [1.29, 1.82) is 0 Å². The quantitative estimate of drug-likeness (QED) is 0.708. The van der Waals surface area contributed by atoms with Gasteiger partial charge in [-0.1, -0.05) is 0 Å². The molecule has 0 fully saturated rings. The average molecular weight is 256 g/mol. The van der Waals surface area contributed by atoms with Crippen molar-refractivity contribution in [2.75, 3.05) is 13.2 Å². The molecule has 0 saturated heterocycles. The molecule has 0 bridgehead atoms. The lowest BCUT2D eigenvalue weighted by Gasteiger charge is -2.10. The van der Waals surface area contributed by atoms with Crippen LogP contribution < -0.4 is 10.6 Å². The van der Waals surface area contributed by atoms with Gasteiger partial charge in [-0.05, 0) is 26.0 Å². The van der Waals surface area contributed by atoms with Gasteiger partial charge in [-0.2, -0.15) is 0 Å². The molecule has 1 heterocycles. The Morgan fingerprint density at radius 2 is 2.18 bits per heavy atom. The van der Waals surface area contributed by atoms with Crippen molar-refractivity contribution in [2.24, 2.45) is 0 Å². The predicted molar refractivity (Wildman–Crippen MR) is 66.1 cm³/mol. The van der Waals surface area contributed by atoms with Gasteiger partial charge in [0.15, 0.2) is 0 Å². The van der Waals surface area contributed by atoms with E-state index < -0.39 is 0 Å². The van der Waals surface area contributed by atoms with E-state index in [1.165, 1.54) is 11.3 Å². The number of nitrogens with one attached hydrogen (secondary N) is 2. The van der Waals surface area contributed by atoms with Crippen LogP contribution in [0.3, 0.4) is 0 Å². The lowest BCUT2D eigenvalue weighted by atomic mass is 10.3. The third kappa shape index (κ3) is 4.54. The highest BCUT2D eigenvalue weighted by Gasteiger charge is 2.10. The second-order valence-electron chi connectivity index (χ2n) is 3.74. The maximum absolute atomic E-state index is 11.6. The van der Waals surface area contributed by atoms with E-state index in [9.17, 15) is 9.59 Å². The number of carbonyl (C=O) groups excluding carboxylic acids is 2. The van der Waals surface area contributed by atoms with E-state index in [1.807, 2.05) is 13.0 Å². The first-order valence-electron chi connectivity index (χ1n) is 5.27. The molecule has 5 nitrogen and oxygen atoms in total. The first kappa shape index (κ1) is 13.7. The van der Waals surface area contributed by atoms with Gasteiger partial charge in [0.05, 0.1) is 18.0 Å². The summed E-state index contributed by atoms with van der Waals surface area (Å²) in [6.45, 7) is 3.39. The SMILES string of the molecule is Cc1ccc(C(=O)NCC(=O)N[C@H](C)CO)s1. The zero-order chi connectivity index (χ0) is 12.8. The van der Waals surface area contributed by atoms with E-state index in [-0.39, 0.29) is 31.0 Å². The molecule has 0 radical (unpaired) electrons. The summed E-state index contributed by atoms with van der Waals surface area (Å²) >= 11 is 1.38. The van der Waals surface area contributed by atoms with E-state index >= 15 is 0 Å². The van der Waals surface area contributed by atoms with Crippen LogP contribution in [-0.2, 0) is 4.79 Å². The fraction of sp³-hybridized carbons (Fsp3) is 0.455. The smallest absolute Gasteiger partial charge is 0.261 e. The Labute approximate surface area is 104 Å². The van der Waals surface area contributed by atoms with Gasteiger partial charge in [-0.15, -0.1) is 11.3 Å². The maximum atomic E-state index is 11.6. The number of aliphatic hydroxyl groups is 1. The molecule has 94 valence electrons. The topological polar surface area (TPSA) is 78.4 Å². The largest absolute Gasteiger partial charge is 0.394 e. The molecule has 0 unspecified atom stereocenters. The highest BCUT2D eigenvalue weighted by atomic mass is 32.1. The fourth-order valence-electron chi connectivity index (χ4n) is 1.18. The van der Waals surface area contributed by atoms with Crippen LogP contribution in [0, 0.1) is 6.92 Å². The van der Waals surface area contributed by atoms with Crippen molar-refractivity contribution in [3.63, 3.8) is 0 Å². The molecule has 6 heteroatoms. The summed E-state index contributed by atoms with van der Waals surface area (Å²) in [4.78, 5) is 24.5. The standard InChI is InChI=1S/C11H16N2O3S/c1-7(6-14)13-10(15)5-12-11(16)9-4-3-8(2)17-9/h3-4,7,14H,5-6H2,1-2H3,(H,12,16)(H,13,15)/t7-/m1/s1. The van der Waals surface area contributed by atoms with Gasteiger partial charge < -0.3 is 15.7 Å². The Balaban J connectivity index is 2.36. The predicted octanol–water partition coefficient (Wildman–Crippen LogP) is 0.283. The number of hydrogen-bond donors (Lipinski definition) is 3. The first-order chi connectivity index (χ1) is 8.02. The minimum absolute atomic E-state index is 0.0832. The van der Waals surface area contributed by atoms with Crippen LogP contribution in [0.2, 0.25) is 0 Å². The van der Waals surface area contributed by atoms with E-state index in [4.69, 9.17) is 5.11 Å². The molecular formula is C11H16N2O3S. The van der Waals surface area contributed by atoms with Crippen LogP contribution >= 0.6 is 11.3 Å². The minimum atomic E-state index is -0.312. The maximum Gasteiger partial charge on any atom is 0.261 e. The van der Waals surface area contributed by atoms with Gasteiger partial charge in [-0.25, -0.2) is 0 Å². The van der Waals surface area contributed by atoms with Crippen LogP contribution in [0.4, 0.5) is 0 Å². The molecule has 1 atom stereocenters. The highest BCUT2D eigenvalue weighted by molar-refractivity contribution is 7.13. The molecule has 0 spiro atoms. The zero-order valence-electron chi connectivity index (χ0n) is 9.82. The number of carbonyl (C=O) groups is 2. The van der Waals surface area contributed by atoms with Gasteiger partial charge >= 0.3 is 0 Å². The Morgan fingerprint density at radius 3 is 2.71 bits per heavy atom. The van der Waals surface area contributed by atoms with E-state index in [2.05, 4.69) is 10.6 Å². The Kier molecular flexibility index (Phi) is 5.11. The highest BCUT2D eigenvalue weighted by Crippen LogP contribution is 2.14. The monoisotopic (exact) mass is 256 g/mol. The normalized spacial score (nSPS) is 11.9. The molecule has 0 aromatic carbocycles. The molecule has 1 aromatic heterocycles. The zero-order valence-corrected chi connectivity index (χ0v) is 10.6. The van der Waals surface area contributed by atoms with Crippen molar-refractivity contribution >= 4 is 23.2 Å².